The van der Waals surface area contributed by atoms with Gasteiger partial charge in [-0.15, -0.1) is 10.2 Å². The molecule has 0 saturated heterocycles. The van der Waals surface area contributed by atoms with Crippen LogP contribution in [0.25, 0.3) is 5.65 Å². The fourth-order valence-electron chi connectivity index (χ4n) is 2.05. The molecule has 0 aliphatic heterocycles. The van der Waals surface area contributed by atoms with Gasteiger partial charge >= 0.3 is 6.03 Å². The first kappa shape index (κ1) is 15.1. The number of fused-ring (bicyclic) bond motifs is 1. The summed E-state index contributed by atoms with van der Waals surface area (Å²) in [5, 5.41) is 13.9. The van der Waals surface area contributed by atoms with Gasteiger partial charge in [-0.05, 0) is 43.3 Å². The van der Waals surface area contributed by atoms with E-state index in [4.69, 9.17) is 16.3 Å². The predicted octanol–water partition coefficient (Wildman–Crippen LogP) is 3.43. The van der Waals surface area contributed by atoms with E-state index in [9.17, 15) is 4.79 Å². The molecule has 0 saturated carbocycles. The number of hydrogen-bond donors (Lipinski definition) is 2. The summed E-state index contributed by atoms with van der Waals surface area (Å²) in [7, 11) is 0. The SMILES string of the molecule is CCOc1cccc2nnc(NC(=O)Nc3ccc(Cl)cc3)n12. The Hall–Kier alpha value is -2.80. The number of urea groups is 1. The van der Waals surface area contributed by atoms with E-state index in [2.05, 4.69) is 20.8 Å². The van der Waals surface area contributed by atoms with Gasteiger partial charge in [-0.1, -0.05) is 17.7 Å². The van der Waals surface area contributed by atoms with E-state index in [0.717, 1.165) is 0 Å². The fourth-order valence-corrected chi connectivity index (χ4v) is 2.18. The normalized spacial score (nSPS) is 10.5. The Morgan fingerprint density at radius 2 is 1.96 bits per heavy atom. The monoisotopic (exact) mass is 331 g/mol. The van der Waals surface area contributed by atoms with Crippen molar-refractivity contribution in [2.45, 2.75) is 6.92 Å². The van der Waals surface area contributed by atoms with Gasteiger partial charge in [-0.2, -0.15) is 0 Å². The van der Waals surface area contributed by atoms with Crippen molar-refractivity contribution in [2.75, 3.05) is 17.2 Å². The third-order valence-electron chi connectivity index (χ3n) is 3.01. The van der Waals surface area contributed by atoms with Crippen molar-refractivity contribution in [2.24, 2.45) is 0 Å². The number of hydrogen-bond acceptors (Lipinski definition) is 4. The summed E-state index contributed by atoms with van der Waals surface area (Å²) in [5.74, 6) is 0.826. The van der Waals surface area contributed by atoms with Gasteiger partial charge < -0.3 is 10.1 Å². The van der Waals surface area contributed by atoms with E-state index >= 15 is 0 Å². The number of halogens is 1. The minimum atomic E-state index is -0.437. The summed E-state index contributed by atoms with van der Waals surface area (Å²) in [5.41, 5.74) is 1.20. The van der Waals surface area contributed by atoms with Crippen molar-refractivity contribution < 1.29 is 9.53 Å². The molecule has 1 aromatic carbocycles. The van der Waals surface area contributed by atoms with Crippen LogP contribution < -0.4 is 15.4 Å². The largest absolute Gasteiger partial charge is 0.479 e. The zero-order valence-corrected chi connectivity index (χ0v) is 13.0. The summed E-state index contributed by atoms with van der Waals surface area (Å²) >= 11 is 5.81. The van der Waals surface area contributed by atoms with Crippen LogP contribution in [0.1, 0.15) is 6.92 Å². The zero-order chi connectivity index (χ0) is 16.2. The number of aromatic nitrogens is 3. The van der Waals surface area contributed by atoms with Crippen molar-refractivity contribution in [3.8, 4) is 5.88 Å². The van der Waals surface area contributed by atoms with Crippen molar-refractivity contribution >= 4 is 34.9 Å². The molecule has 2 heterocycles. The number of pyridine rings is 1. The van der Waals surface area contributed by atoms with Gasteiger partial charge in [0.1, 0.15) is 0 Å². The van der Waals surface area contributed by atoms with Crippen LogP contribution in [0.5, 0.6) is 5.88 Å². The van der Waals surface area contributed by atoms with Gasteiger partial charge in [0.25, 0.3) is 0 Å². The lowest BCUT2D eigenvalue weighted by Crippen LogP contribution is -2.21. The number of nitrogens with one attached hydrogen (secondary N) is 2. The van der Waals surface area contributed by atoms with Gasteiger partial charge in [0, 0.05) is 10.7 Å². The van der Waals surface area contributed by atoms with E-state index in [1.54, 1.807) is 40.8 Å². The highest BCUT2D eigenvalue weighted by molar-refractivity contribution is 6.30. The van der Waals surface area contributed by atoms with Crippen LogP contribution in [0.3, 0.4) is 0 Å². The average Bonchev–Trinajstić information content (AvgIpc) is 2.94. The number of carbonyl (C=O) groups is 1. The van der Waals surface area contributed by atoms with E-state index in [1.165, 1.54) is 0 Å². The standard InChI is InChI=1S/C15H14ClN5O2/c1-2-23-13-5-3-4-12-19-20-14(21(12)13)18-15(22)17-11-8-6-10(16)7-9-11/h3-9H,2H2,1H3,(H2,17,18,20,22). The number of benzene rings is 1. The van der Waals surface area contributed by atoms with Crippen LogP contribution in [0.2, 0.25) is 5.02 Å². The molecule has 2 amide bonds. The second kappa shape index (κ2) is 6.53. The fraction of sp³-hybridized carbons (Fsp3) is 0.133. The van der Waals surface area contributed by atoms with Crippen LogP contribution in [-0.4, -0.2) is 27.2 Å². The Labute approximate surface area is 137 Å². The van der Waals surface area contributed by atoms with Gasteiger partial charge in [-0.25, -0.2) is 9.20 Å². The molecule has 0 atom stereocenters. The minimum absolute atomic E-state index is 0.274. The minimum Gasteiger partial charge on any atom is -0.479 e. The Balaban J connectivity index is 1.80. The molecule has 0 aliphatic carbocycles. The van der Waals surface area contributed by atoms with E-state index < -0.39 is 6.03 Å². The molecular formula is C15H14ClN5O2. The topological polar surface area (TPSA) is 80.6 Å². The van der Waals surface area contributed by atoms with Gasteiger partial charge in [-0.3, -0.25) is 5.32 Å². The summed E-state index contributed by atoms with van der Waals surface area (Å²) < 4.78 is 7.16. The maximum Gasteiger partial charge on any atom is 0.326 e. The molecule has 0 fully saturated rings. The third kappa shape index (κ3) is 3.35. The van der Waals surface area contributed by atoms with Crippen LogP contribution >= 0.6 is 11.6 Å². The van der Waals surface area contributed by atoms with E-state index in [-0.39, 0.29) is 5.95 Å². The highest BCUT2D eigenvalue weighted by atomic mass is 35.5. The van der Waals surface area contributed by atoms with Crippen molar-refractivity contribution in [1.82, 2.24) is 14.6 Å². The molecule has 8 heteroatoms. The molecule has 2 aromatic heterocycles. The molecule has 118 valence electrons. The Bertz CT molecular complexity index is 832. The summed E-state index contributed by atoms with van der Waals surface area (Å²) in [6.45, 7) is 2.37. The molecular weight excluding hydrogens is 318 g/mol. The van der Waals surface area contributed by atoms with Crippen LogP contribution in [0.15, 0.2) is 42.5 Å². The summed E-state index contributed by atoms with van der Waals surface area (Å²) in [6, 6.07) is 11.7. The van der Waals surface area contributed by atoms with Gasteiger partial charge in [0.2, 0.25) is 11.8 Å². The van der Waals surface area contributed by atoms with Crippen LogP contribution in [0.4, 0.5) is 16.4 Å². The van der Waals surface area contributed by atoms with E-state index in [0.29, 0.717) is 28.8 Å². The Kier molecular flexibility index (Phi) is 4.29. The molecule has 3 aromatic rings. The smallest absolute Gasteiger partial charge is 0.326 e. The highest BCUT2D eigenvalue weighted by Crippen LogP contribution is 2.19. The lowest BCUT2D eigenvalue weighted by Gasteiger charge is -2.09. The Morgan fingerprint density at radius 1 is 1.17 bits per heavy atom. The number of anilines is 2. The first-order chi connectivity index (χ1) is 11.2. The predicted molar refractivity (Wildman–Crippen MR) is 88.2 cm³/mol. The summed E-state index contributed by atoms with van der Waals surface area (Å²) in [6.07, 6.45) is 0. The van der Waals surface area contributed by atoms with Gasteiger partial charge in [0.05, 0.1) is 6.61 Å². The second-order valence-electron chi connectivity index (χ2n) is 4.60. The van der Waals surface area contributed by atoms with Crippen molar-refractivity contribution in [3.05, 3.63) is 47.5 Å². The molecule has 7 nitrogen and oxygen atoms in total. The first-order valence-electron chi connectivity index (χ1n) is 6.98. The number of amides is 2. The molecule has 0 unspecified atom stereocenters. The summed E-state index contributed by atoms with van der Waals surface area (Å²) in [4.78, 5) is 12.1. The van der Waals surface area contributed by atoms with E-state index in [1.807, 2.05) is 13.0 Å². The van der Waals surface area contributed by atoms with Crippen molar-refractivity contribution in [1.29, 1.82) is 0 Å². The number of carbonyl (C=O) groups excluding carboxylic acids is 1. The molecule has 3 rings (SSSR count). The number of ether oxygens (including phenoxy) is 1. The highest BCUT2D eigenvalue weighted by Gasteiger charge is 2.12. The first-order valence-corrected chi connectivity index (χ1v) is 7.35. The second-order valence-corrected chi connectivity index (χ2v) is 5.04. The van der Waals surface area contributed by atoms with Crippen LogP contribution in [0, 0.1) is 0 Å². The molecule has 0 bridgehead atoms. The number of nitrogens with zero attached hydrogens (tertiary/aromatic N) is 3. The number of rotatable bonds is 4. The maximum absolute atomic E-state index is 12.1. The Morgan fingerprint density at radius 3 is 2.70 bits per heavy atom. The average molecular weight is 332 g/mol. The molecule has 2 N–H and O–H groups in total. The lowest BCUT2D eigenvalue weighted by atomic mass is 10.3. The maximum atomic E-state index is 12.1. The zero-order valence-electron chi connectivity index (χ0n) is 12.3. The molecule has 0 spiro atoms. The quantitative estimate of drug-likeness (QED) is 0.767. The lowest BCUT2D eigenvalue weighted by molar-refractivity contribution is 0.262. The van der Waals surface area contributed by atoms with Crippen LogP contribution in [-0.2, 0) is 0 Å². The third-order valence-corrected chi connectivity index (χ3v) is 3.26. The van der Waals surface area contributed by atoms with Gasteiger partial charge in [0.15, 0.2) is 5.65 Å². The molecule has 0 radical (unpaired) electrons. The molecule has 0 aliphatic rings. The molecule has 23 heavy (non-hydrogen) atoms. The van der Waals surface area contributed by atoms with Crippen molar-refractivity contribution in [3.63, 3.8) is 0 Å².